The summed E-state index contributed by atoms with van der Waals surface area (Å²) >= 11 is 0. The average Bonchev–Trinajstić information content (AvgIpc) is 2.90. The molecule has 0 saturated heterocycles. The lowest BCUT2D eigenvalue weighted by molar-refractivity contribution is -0.122. The fourth-order valence-electron chi connectivity index (χ4n) is 4.83. The van der Waals surface area contributed by atoms with Crippen molar-refractivity contribution in [2.24, 2.45) is 10.9 Å². The van der Waals surface area contributed by atoms with Crippen molar-refractivity contribution in [1.29, 1.82) is 0 Å². The first kappa shape index (κ1) is 28.5. The second-order valence-corrected chi connectivity index (χ2v) is 9.57. The molecule has 2 nitrogen and oxygen atoms in total. The third kappa shape index (κ3) is 10.2. The lowest BCUT2D eigenvalue weighted by Crippen LogP contribution is -2.19. The van der Waals surface area contributed by atoms with Crippen LogP contribution in [0.4, 0.5) is 0 Å². The highest BCUT2D eigenvalue weighted by Crippen LogP contribution is 2.31. The Morgan fingerprint density at radius 3 is 2.17 bits per heavy atom. The van der Waals surface area contributed by atoms with Crippen molar-refractivity contribution >= 4 is 11.5 Å². The highest BCUT2D eigenvalue weighted by molar-refractivity contribution is 5.91. The second-order valence-electron chi connectivity index (χ2n) is 9.57. The minimum atomic E-state index is 0.0360. The molecule has 0 heterocycles. The predicted octanol–water partition coefficient (Wildman–Crippen LogP) is 9.10. The normalized spacial score (nSPS) is 14.9. The third-order valence-corrected chi connectivity index (χ3v) is 6.93. The maximum Gasteiger partial charge on any atom is 0.135 e. The predicted molar refractivity (Wildman–Crippen MR) is 152 cm³/mol. The molecule has 0 aliphatic rings. The van der Waals surface area contributed by atoms with E-state index in [-0.39, 0.29) is 11.8 Å². The van der Waals surface area contributed by atoms with E-state index in [4.69, 9.17) is 0 Å². The summed E-state index contributed by atoms with van der Waals surface area (Å²) in [7, 11) is 1.91. The van der Waals surface area contributed by atoms with Gasteiger partial charge in [0.1, 0.15) is 5.78 Å². The molecule has 188 valence electrons. The molecule has 0 radical (unpaired) electrons. The molecular weight excluding hydrogens is 426 g/mol. The first-order chi connectivity index (χ1) is 17.1. The maximum atomic E-state index is 13.3. The Balaban J connectivity index is 2.08. The zero-order valence-electron chi connectivity index (χ0n) is 22.3. The molecule has 2 aromatic carbocycles. The highest BCUT2D eigenvalue weighted by Gasteiger charge is 2.23. The van der Waals surface area contributed by atoms with E-state index in [0.29, 0.717) is 18.1 Å². The molecule has 0 aliphatic carbocycles. The Morgan fingerprint density at radius 2 is 1.57 bits per heavy atom. The van der Waals surface area contributed by atoms with Crippen molar-refractivity contribution in [3.8, 4) is 0 Å². The number of nitrogens with zero attached hydrogens (tertiary/aromatic N) is 1. The van der Waals surface area contributed by atoms with Crippen LogP contribution in [0.25, 0.3) is 0 Å². The van der Waals surface area contributed by atoms with Crippen LogP contribution < -0.4 is 0 Å². The standard InChI is InChI=1S/C33H45NO/c1-5-7-9-13-22-30(28-18-14-10-15-19-28)26-27(3)33(35)25-24-31(29-20-16-11-17-21-29)32(34-4)23-12-8-6-2/h5,7,9-11,13-21,27,30-31H,6,8,12,22-26H2,1-4H3/b7-5-,13-9-,34-32?. The Morgan fingerprint density at radius 1 is 0.914 bits per heavy atom. The number of rotatable bonds is 16. The summed E-state index contributed by atoms with van der Waals surface area (Å²) in [6, 6.07) is 21.3. The van der Waals surface area contributed by atoms with Gasteiger partial charge in [-0.05, 0) is 56.1 Å². The maximum absolute atomic E-state index is 13.3. The number of aliphatic imine (C=N–C) groups is 1. The van der Waals surface area contributed by atoms with Gasteiger partial charge in [0.25, 0.3) is 0 Å². The summed E-state index contributed by atoms with van der Waals surface area (Å²) in [4.78, 5) is 18.0. The fourth-order valence-corrected chi connectivity index (χ4v) is 4.83. The van der Waals surface area contributed by atoms with Gasteiger partial charge in [-0.3, -0.25) is 9.79 Å². The molecule has 0 amide bonds. The summed E-state index contributed by atoms with van der Waals surface area (Å²) < 4.78 is 0. The molecule has 35 heavy (non-hydrogen) atoms. The minimum absolute atomic E-state index is 0.0360. The van der Waals surface area contributed by atoms with Crippen LogP contribution in [0.2, 0.25) is 0 Å². The lowest BCUT2D eigenvalue weighted by Gasteiger charge is -2.22. The van der Waals surface area contributed by atoms with E-state index in [0.717, 1.165) is 32.1 Å². The molecule has 3 atom stereocenters. The highest BCUT2D eigenvalue weighted by atomic mass is 16.1. The molecule has 0 bridgehead atoms. The van der Waals surface area contributed by atoms with Crippen LogP contribution in [-0.4, -0.2) is 18.5 Å². The first-order valence-electron chi connectivity index (χ1n) is 13.5. The second kappa shape index (κ2) is 16.8. The van der Waals surface area contributed by atoms with Gasteiger partial charge in [-0.1, -0.05) is 112 Å². The van der Waals surface area contributed by atoms with Gasteiger partial charge < -0.3 is 0 Å². The van der Waals surface area contributed by atoms with Crippen molar-refractivity contribution in [2.45, 2.75) is 84.0 Å². The van der Waals surface area contributed by atoms with Crippen molar-refractivity contribution in [3.63, 3.8) is 0 Å². The Kier molecular flexibility index (Phi) is 13.7. The largest absolute Gasteiger partial charge is 0.299 e. The molecule has 0 aliphatic heterocycles. The SMILES string of the molecule is C/C=C\C=C/CC(CC(C)C(=O)CCC(C(CCCCC)=NC)c1ccccc1)c1ccccc1. The van der Waals surface area contributed by atoms with E-state index < -0.39 is 0 Å². The van der Waals surface area contributed by atoms with E-state index in [1.54, 1.807) is 0 Å². The smallest absolute Gasteiger partial charge is 0.135 e. The lowest BCUT2D eigenvalue weighted by atomic mass is 9.82. The van der Waals surface area contributed by atoms with Gasteiger partial charge in [0, 0.05) is 31.0 Å². The van der Waals surface area contributed by atoms with Gasteiger partial charge in [0.2, 0.25) is 0 Å². The molecule has 2 aromatic rings. The molecule has 2 rings (SSSR count). The van der Waals surface area contributed by atoms with Gasteiger partial charge in [-0.15, -0.1) is 0 Å². The molecule has 0 aromatic heterocycles. The number of carbonyl (C=O) groups excluding carboxylic acids is 1. The van der Waals surface area contributed by atoms with Crippen LogP contribution in [0.15, 0.2) is 90.0 Å². The molecule has 2 heteroatoms. The van der Waals surface area contributed by atoms with E-state index in [1.807, 2.05) is 20.0 Å². The first-order valence-corrected chi connectivity index (χ1v) is 13.5. The number of allylic oxidation sites excluding steroid dienone is 4. The van der Waals surface area contributed by atoms with Crippen molar-refractivity contribution in [2.75, 3.05) is 7.05 Å². The summed E-state index contributed by atoms with van der Waals surface area (Å²) in [5, 5.41) is 0. The van der Waals surface area contributed by atoms with Crippen LogP contribution in [0.1, 0.15) is 95.1 Å². The van der Waals surface area contributed by atoms with Gasteiger partial charge in [-0.2, -0.15) is 0 Å². The van der Waals surface area contributed by atoms with Gasteiger partial charge in [0.05, 0.1) is 0 Å². The van der Waals surface area contributed by atoms with Crippen LogP contribution in [0.3, 0.4) is 0 Å². The zero-order chi connectivity index (χ0) is 25.3. The van der Waals surface area contributed by atoms with E-state index in [1.165, 1.54) is 29.7 Å². The zero-order valence-corrected chi connectivity index (χ0v) is 22.3. The fraction of sp³-hybridized carbons (Fsp3) is 0.455. The number of benzene rings is 2. The summed E-state index contributed by atoms with van der Waals surface area (Å²) in [6.45, 7) is 6.37. The monoisotopic (exact) mass is 471 g/mol. The number of hydrogen-bond acceptors (Lipinski definition) is 2. The van der Waals surface area contributed by atoms with Crippen molar-refractivity contribution in [3.05, 3.63) is 96.1 Å². The molecular formula is C33H45NO. The topological polar surface area (TPSA) is 29.4 Å². The van der Waals surface area contributed by atoms with Crippen LogP contribution >= 0.6 is 0 Å². The minimum Gasteiger partial charge on any atom is -0.299 e. The quantitative estimate of drug-likeness (QED) is 0.136. The molecule has 3 unspecified atom stereocenters. The number of hydrogen-bond donors (Lipinski definition) is 0. The van der Waals surface area contributed by atoms with E-state index >= 15 is 0 Å². The van der Waals surface area contributed by atoms with E-state index in [9.17, 15) is 4.79 Å². The Bertz CT molecular complexity index is 926. The van der Waals surface area contributed by atoms with Crippen LogP contribution in [0.5, 0.6) is 0 Å². The molecule has 0 N–H and O–H groups in total. The molecule has 0 saturated carbocycles. The number of ketones is 1. The number of Topliss-reactive ketones (excluding diaryl/α,β-unsaturated/α-hetero) is 1. The van der Waals surface area contributed by atoms with Gasteiger partial charge >= 0.3 is 0 Å². The van der Waals surface area contributed by atoms with Crippen molar-refractivity contribution in [1.82, 2.24) is 0 Å². The molecule has 0 spiro atoms. The van der Waals surface area contributed by atoms with E-state index in [2.05, 4.69) is 97.7 Å². The van der Waals surface area contributed by atoms with Crippen LogP contribution in [0, 0.1) is 5.92 Å². The molecule has 0 fully saturated rings. The van der Waals surface area contributed by atoms with Crippen molar-refractivity contribution < 1.29 is 4.79 Å². The average molecular weight is 472 g/mol. The summed E-state index contributed by atoms with van der Waals surface area (Å²) in [6.07, 6.45) is 16.3. The third-order valence-electron chi connectivity index (χ3n) is 6.93. The summed E-state index contributed by atoms with van der Waals surface area (Å²) in [5.41, 5.74) is 3.83. The van der Waals surface area contributed by atoms with Gasteiger partial charge in [0.15, 0.2) is 0 Å². The Hall–Kier alpha value is -2.74. The summed E-state index contributed by atoms with van der Waals surface area (Å²) in [5.74, 6) is 0.980. The van der Waals surface area contributed by atoms with Gasteiger partial charge in [-0.25, -0.2) is 0 Å². The Labute approximate surface area is 214 Å². The van der Waals surface area contributed by atoms with Crippen LogP contribution in [-0.2, 0) is 4.79 Å². The number of unbranched alkanes of at least 4 members (excludes halogenated alkanes) is 2. The number of carbonyl (C=O) groups is 1.